The summed E-state index contributed by atoms with van der Waals surface area (Å²) in [7, 11) is 0. The van der Waals surface area contributed by atoms with E-state index in [1.807, 2.05) is 0 Å². The van der Waals surface area contributed by atoms with Crippen molar-refractivity contribution in [1.29, 1.82) is 0 Å². The minimum Gasteiger partial charge on any atom is -0.330 e. The number of alkyl halides is 4. The molecule has 1 rings (SSSR count). The maximum Gasteiger partial charge on any atom is 0.426 e. The molecule has 1 atom stereocenters. The Morgan fingerprint density at radius 3 is 2.12 bits per heavy atom. The molecular formula is C10H10BrF4N. The third-order valence-electron chi connectivity index (χ3n) is 2.24. The maximum atomic E-state index is 14.1. The summed E-state index contributed by atoms with van der Waals surface area (Å²) in [5, 5.41) is 0. The predicted octanol–water partition coefficient (Wildman–Crippen LogP) is 3.53. The van der Waals surface area contributed by atoms with Crippen LogP contribution >= 0.6 is 15.9 Å². The molecule has 0 aromatic heterocycles. The molecule has 0 radical (unpaired) electrons. The van der Waals surface area contributed by atoms with Gasteiger partial charge < -0.3 is 5.73 Å². The number of hydrogen-bond acceptors (Lipinski definition) is 1. The Morgan fingerprint density at radius 2 is 1.69 bits per heavy atom. The molecule has 16 heavy (non-hydrogen) atoms. The van der Waals surface area contributed by atoms with E-state index >= 15 is 0 Å². The van der Waals surface area contributed by atoms with Crippen molar-refractivity contribution in [3.05, 3.63) is 34.3 Å². The zero-order valence-corrected chi connectivity index (χ0v) is 9.78. The van der Waals surface area contributed by atoms with Gasteiger partial charge in [0.05, 0.1) is 0 Å². The molecule has 1 aromatic carbocycles. The quantitative estimate of drug-likeness (QED) is 0.849. The van der Waals surface area contributed by atoms with Crippen LogP contribution in [0.15, 0.2) is 28.7 Å². The second kappa shape index (κ2) is 4.71. The highest BCUT2D eigenvalue weighted by molar-refractivity contribution is 9.10. The largest absolute Gasteiger partial charge is 0.426 e. The Balaban J connectivity index is 3.28. The first-order valence-electron chi connectivity index (χ1n) is 4.53. The Bertz CT molecular complexity index is 366. The Morgan fingerprint density at radius 1 is 1.12 bits per heavy atom. The zero-order valence-electron chi connectivity index (χ0n) is 8.19. The molecule has 1 unspecified atom stereocenters. The second-order valence-electron chi connectivity index (χ2n) is 3.32. The van der Waals surface area contributed by atoms with Crippen LogP contribution in [0.1, 0.15) is 12.0 Å². The number of hydrogen-bond donors (Lipinski definition) is 1. The normalized spacial score (nSPS) is 15.9. The predicted molar refractivity (Wildman–Crippen MR) is 56.7 cm³/mol. The van der Waals surface area contributed by atoms with Gasteiger partial charge in [0.2, 0.25) is 5.67 Å². The van der Waals surface area contributed by atoms with Crippen LogP contribution in [0.2, 0.25) is 0 Å². The molecule has 1 nitrogen and oxygen atoms in total. The summed E-state index contributed by atoms with van der Waals surface area (Å²) in [5.74, 6) is 0. The van der Waals surface area contributed by atoms with Gasteiger partial charge in [0.1, 0.15) is 0 Å². The highest BCUT2D eigenvalue weighted by Crippen LogP contribution is 2.47. The van der Waals surface area contributed by atoms with Gasteiger partial charge in [-0.3, -0.25) is 0 Å². The molecule has 0 spiro atoms. The summed E-state index contributed by atoms with van der Waals surface area (Å²) in [6.45, 7) is -0.378. The van der Waals surface area contributed by atoms with Gasteiger partial charge in [-0.05, 0) is 12.6 Å². The topological polar surface area (TPSA) is 26.0 Å². The molecule has 0 aliphatic carbocycles. The van der Waals surface area contributed by atoms with E-state index < -0.39 is 23.8 Å². The van der Waals surface area contributed by atoms with Crippen molar-refractivity contribution in [3.63, 3.8) is 0 Å². The molecule has 0 aliphatic heterocycles. The van der Waals surface area contributed by atoms with Gasteiger partial charge in [-0.1, -0.05) is 34.1 Å². The molecular weight excluding hydrogens is 290 g/mol. The molecule has 0 amide bonds. The van der Waals surface area contributed by atoms with E-state index in [9.17, 15) is 17.6 Å². The Kier molecular flexibility index (Phi) is 3.96. The van der Waals surface area contributed by atoms with Gasteiger partial charge >= 0.3 is 6.18 Å². The monoisotopic (exact) mass is 299 g/mol. The summed E-state index contributed by atoms with van der Waals surface area (Å²) < 4.78 is 52.3. The first-order valence-corrected chi connectivity index (χ1v) is 5.33. The summed E-state index contributed by atoms with van der Waals surface area (Å²) in [6, 6.07) is 5.35. The van der Waals surface area contributed by atoms with Crippen molar-refractivity contribution in [2.75, 3.05) is 6.54 Å². The van der Waals surface area contributed by atoms with Crippen LogP contribution in [0, 0.1) is 0 Å². The Labute approximate surface area is 98.8 Å². The number of benzene rings is 1. The molecule has 0 fully saturated rings. The molecule has 0 aliphatic rings. The fraction of sp³-hybridized carbons (Fsp3) is 0.400. The standard InChI is InChI=1S/C10H10BrF4N/c11-8-4-2-1-3-7(8)9(12,5-6-16)10(13,14)15/h1-4H,5-6,16H2. The van der Waals surface area contributed by atoms with E-state index in [-0.39, 0.29) is 11.0 Å². The van der Waals surface area contributed by atoms with Gasteiger partial charge in [0, 0.05) is 16.5 Å². The summed E-state index contributed by atoms with van der Waals surface area (Å²) >= 11 is 2.91. The molecule has 2 N–H and O–H groups in total. The smallest absolute Gasteiger partial charge is 0.330 e. The first-order chi connectivity index (χ1) is 7.33. The summed E-state index contributed by atoms with van der Waals surface area (Å²) in [5.41, 5.74) is 1.21. The molecule has 6 heteroatoms. The third-order valence-corrected chi connectivity index (χ3v) is 2.93. The van der Waals surface area contributed by atoms with E-state index in [0.29, 0.717) is 0 Å². The summed E-state index contributed by atoms with van der Waals surface area (Å²) in [6.07, 6.45) is -5.77. The zero-order chi connectivity index (χ0) is 12.4. The van der Waals surface area contributed by atoms with E-state index in [0.717, 1.165) is 6.07 Å². The van der Waals surface area contributed by atoms with E-state index in [4.69, 9.17) is 5.73 Å². The van der Waals surface area contributed by atoms with Gasteiger partial charge in [0.25, 0.3) is 0 Å². The molecule has 1 aromatic rings. The van der Waals surface area contributed by atoms with E-state index in [1.54, 1.807) is 0 Å². The van der Waals surface area contributed by atoms with Crippen molar-refractivity contribution < 1.29 is 17.6 Å². The van der Waals surface area contributed by atoms with Crippen molar-refractivity contribution in [1.82, 2.24) is 0 Å². The van der Waals surface area contributed by atoms with Crippen molar-refractivity contribution in [2.24, 2.45) is 5.73 Å². The highest BCUT2D eigenvalue weighted by Gasteiger charge is 2.57. The fourth-order valence-corrected chi connectivity index (χ4v) is 2.01. The van der Waals surface area contributed by atoms with Gasteiger partial charge in [-0.25, -0.2) is 4.39 Å². The molecule has 0 heterocycles. The van der Waals surface area contributed by atoms with Gasteiger partial charge in [-0.2, -0.15) is 13.2 Å². The SMILES string of the molecule is NCCC(F)(c1ccccc1Br)C(F)(F)F. The second-order valence-corrected chi connectivity index (χ2v) is 4.17. The maximum absolute atomic E-state index is 14.1. The molecule has 90 valence electrons. The van der Waals surface area contributed by atoms with Gasteiger partial charge in [0.15, 0.2) is 0 Å². The molecule has 0 bridgehead atoms. The number of nitrogens with two attached hydrogens (primary N) is 1. The van der Waals surface area contributed by atoms with Crippen LogP contribution in [-0.2, 0) is 5.67 Å². The molecule has 0 saturated heterocycles. The Hall–Kier alpha value is -0.620. The number of halogens is 5. The van der Waals surface area contributed by atoms with E-state index in [1.165, 1.54) is 18.2 Å². The van der Waals surface area contributed by atoms with Crippen LogP contribution in [-0.4, -0.2) is 12.7 Å². The van der Waals surface area contributed by atoms with Crippen LogP contribution in [0.25, 0.3) is 0 Å². The lowest BCUT2D eigenvalue weighted by Crippen LogP contribution is -2.40. The minimum atomic E-state index is -4.98. The lowest BCUT2D eigenvalue weighted by Gasteiger charge is -2.28. The van der Waals surface area contributed by atoms with Crippen LogP contribution in [0.5, 0.6) is 0 Å². The summed E-state index contributed by atoms with van der Waals surface area (Å²) in [4.78, 5) is 0. The van der Waals surface area contributed by atoms with Crippen LogP contribution in [0.3, 0.4) is 0 Å². The van der Waals surface area contributed by atoms with Crippen LogP contribution in [0.4, 0.5) is 17.6 Å². The highest BCUT2D eigenvalue weighted by atomic mass is 79.9. The van der Waals surface area contributed by atoms with Crippen molar-refractivity contribution in [3.8, 4) is 0 Å². The lowest BCUT2D eigenvalue weighted by molar-refractivity contribution is -0.237. The van der Waals surface area contributed by atoms with Crippen molar-refractivity contribution >= 4 is 15.9 Å². The average molecular weight is 300 g/mol. The number of rotatable bonds is 3. The van der Waals surface area contributed by atoms with Gasteiger partial charge in [-0.15, -0.1) is 0 Å². The first kappa shape index (κ1) is 13.4. The third kappa shape index (κ3) is 2.38. The lowest BCUT2D eigenvalue weighted by atomic mass is 9.91. The van der Waals surface area contributed by atoms with E-state index in [2.05, 4.69) is 15.9 Å². The fourth-order valence-electron chi connectivity index (χ4n) is 1.41. The average Bonchev–Trinajstić information content (AvgIpc) is 2.16. The van der Waals surface area contributed by atoms with Crippen LogP contribution < -0.4 is 5.73 Å². The molecule has 0 saturated carbocycles. The van der Waals surface area contributed by atoms with Crippen molar-refractivity contribution in [2.45, 2.75) is 18.3 Å². The minimum absolute atomic E-state index is 0.0864.